The zero-order valence-electron chi connectivity index (χ0n) is 28.0. The highest BCUT2D eigenvalue weighted by Crippen LogP contribution is 2.45. The molecule has 4 heteroatoms. The molecule has 0 N–H and O–H groups in total. The third-order valence-electron chi connectivity index (χ3n) is 11.0. The number of aromatic nitrogens is 2. The van der Waals surface area contributed by atoms with Crippen molar-refractivity contribution in [2.24, 2.45) is 0 Å². The molecule has 4 heterocycles. The van der Waals surface area contributed by atoms with E-state index in [1.807, 2.05) is 12.1 Å². The Morgan fingerprint density at radius 3 is 1.73 bits per heavy atom. The fourth-order valence-electron chi connectivity index (χ4n) is 8.81. The van der Waals surface area contributed by atoms with Gasteiger partial charge in [0.1, 0.15) is 11.2 Å². The fourth-order valence-corrected chi connectivity index (χ4v) is 8.81. The van der Waals surface area contributed by atoms with E-state index in [2.05, 4.69) is 178 Å². The third-order valence-corrected chi connectivity index (χ3v) is 11.0. The average Bonchev–Trinajstić information content (AvgIpc) is 3.94. The molecule has 242 valence electrons. The van der Waals surface area contributed by atoms with Gasteiger partial charge in [-0.15, -0.1) is 0 Å². The maximum Gasteiger partial charge on any atom is 0.137 e. The summed E-state index contributed by atoms with van der Waals surface area (Å²) in [4.78, 5) is 2.38. The summed E-state index contributed by atoms with van der Waals surface area (Å²) >= 11 is 0. The predicted molar refractivity (Wildman–Crippen MR) is 217 cm³/mol. The monoisotopic (exact) mass is 663 g/mol. The number of hydrogen-bond donors (Lipinski definition) is 0. The van der Waals surface area contributed by atoms with Crippen molar-refractivity contribution in [1.29, 1.82) is 0 Å². The van der Waals surface area contributed by atoms with E-state index >= 15 is 0 Å². The molecule has 0 spiro atoms. The second kappa shape index (κ2) is 10.3. The molecule has 0 saturated heterocycles. The number of hydrogen-bond acceptors (Lipinski definition) is 2. The molecule has 0 radical (unpaired) electrons. The van der Waals surface area contributed by atoms with Crippen LogP contribution in [0.5, 0.6) is 0 Å². The minimum absolute atomic E-state index is 0.872. The number of fused-ring (bicyclic) bond motifs is 12. The Morgan fingerprint density at radius 2 is 0.904 bits per heavy atom. The summed E-state index contributed by atoms with van der Waals surface area (Å²) in [7, 11) is 0. The van der Waals surface area contributed by atoms with E-state index in [0.29, 0.717) is 0 Å². The first-order valence-electron chi connectivity index (χ1n) is 17.8. The van der Waals surface area contributed by atoms with Gasteiger partial charge in [-0.1, -0.05) is 97.1 Å². The van der Waals surface area contributed by atoms with E-state index in [1.165, 1.54) is 59.9 Å². The van der Waals surface area contributed by atoms with Crippen molar-refractivity contribution in [1.82, 2.24) is 8.97 Å². The SMILES string of the molecule is c1ccc(-n2c3ccccc3c3cc(N(c4ccc5c(c4)oc4ccccc45)c4ccc5c6cccc7c8ccccc8n(c5c4)c76)ccc32)cc1. The topological polar surface area (TPSA) is 25.7 Å². The van der Waals surface area contributed by atoms with Crippen LogP contribution in [0.1, 0.15) is 0 Å². The molecule has 0 atom stereocenters. The van der Waals surface area contributed by atoms with E-state index in [9.17, 15) is 0 Å². The van der Waals surface area contributed by atoms with Crippen LogP contribution < -0.4 is 4.90 Å². The molecule has 0 saturated carbocycles. The number of benzene rings is 8. The number of para-hydroxylation sites is 5. The Labute approximate surface area is 297 Å². The third kappa shape index (κ3) is 3.70. The first-order valence-corrected chi connectivity index (χ1v) is 17.8. The minimum atomic E-state index is 0.872. The maximum absolute atomic E-state index is 6.45. The van der Waals surface area contributed by atoms with Crippen LogP contribution in [-0.2, 0) is 0 Å². The first kappa shape index (κ1) is 27.7. The van der Waals surface area contributed by atoms with Gasteiger partial charge < -0.3 is 18.3 Å². The van der Waals surface area contributed by atoms with E-state index in [1.54, 1.807) is 0 Å². The summed E-state index contributed by atoms with van der Waals surface area (Å²) in [5, 5.41) is 9.78. The molecule has 4 aromatic heterocycles. The molecule has 12 rings (SSSR count). The number of furan rings is 1. The summed E-state index contributed by atoms with van der Waals surface area (Å²) in [6.45, 7) is 0. The predicted octanol–water partition coefficient (Wildman–Crippen LogP) is 13.3. The molecule has 0 aliphatic heterocycles. The standard InChI is InChI=1S/C48H29N3O/c1-2-11-30(12-3-1)50-42-18-7-5-14-35(42)41-27-31(23-26-44(41)50)49(33-22-25-38-37-15-6-9-20-46(37)52-47(38)29-33)32-21-24-36-40-17-10-16-39-34-13-4-8-19-43(34)51(48(39)40)45(36)28-32/h1-29H. The lowest BCUT2D eigenvalue weighted by Crippen LogP contribution is -2.10. The smallest absolute Gasteiger partial charge is 0.137 e. The van der Waals surface area contributed by atoms with Gasteiger partial charge in [0, 0.05) is 71.9 Å². The van der Waals surface area contributed by atoms with Crippen LogP contribution in [0, 0.1) is 0 Å². The molecule has 0 fully saturated rings. The van der Waals surface area contributed by atoms with Gasteiger partial charge in [0.2, 0.25) is 0 Å². The van der Waals surface area contributed by atoms with Gasteiger partial charge in [-0.05, 0) is 72.8 Å². The molecule has 0 amide bonds. The van der Waals surface area contributed by atoms with Crippen molar-refractivity contribution in [3.63, 3.8) is 0 Å². The van der Waals surface area contributed by atoms with Crippen LogP contribution in [0.25, 0.3) is 87.5 Å². The molecular formula is C48H29N3O. The Balaban J connectivity index is 1.15. The molecule has 0 aliphatic carbocycles. The lowest BCUT2D eigenvalue weighted by atomic mass is 10.1. The molecule has 12 aromatic rings. The van der Waals surface area contributed by atoms with Gasteiger partial charge in [-0.2, -0.15) is 0 Å². The minimum Gasteiger partial charge on any atom is -0.456 e. The van der Waals surface area contributed by atoms with Gasteiger partial charge in [0.05, 0.1) is 27.6 Å². The molecule has 0 aliphatic rings. The largest absolute Gasteiger partial charge is 0.456 e. The lowest BCUT2D eigenvalue weighted by molar-refractivity contribution is 0.669. The zero-order valence-corrected chi connectivity index (χ0v) is 28.0. The summed E-state index contributed by atoms with van der Waals surface area (Å²) in [5.41, 5.74) is 12.2. The molecule has 0 bridgehead atoms. The van der Waals surface area contributed by atoms with Crippen molar-refractivity contribution in [3.8, 4) is 5.69 Å². The van der Waals surface area contributed by atoms with Crippen LogP contribution in [0.15, 0.2) is 180 Å². The molecule has 0 unspecified atom stereocenters. The summed E-state index contributed by atoms with van der Waals surface area (Å²) < 4.78 is 11.3. The molecule has 52 heavy (non-hydrogen) atoms. The molecule has 8 aromatic carbocycles. The van der Waals surface area contributed by atoms with Crippen molar-refractivity contribution in [3.05, 3.63) is 176 Å². The fraction of sp³-hybridized carbons (Fsp3) is 0. The van der Waals surface area contributed by atoms with Crippen molar-refractivity contribution in [2.45, 2.75) is 0 Å². The van der Waals surface area contributed by atoms with Crippen molar-refractivity contribution >= 4 is 98.9 Å². The normalized spacial score (nSPS) is 12.2. The highest BCUT2D eigenvalue weighted by atomic mass is 16.3. The van der Waals surface area contributed by atoms with E-state index in [4.69, 9.17) is 4.42 Å². The van der Waals surface area contributed by atoms with E-state index in [0.717, 1.165) is 44.7 Å². The van der Waals surface area contributed by atoms with E-state index < -0.39 is 0 Å². The second-order valence-electron chi connectivity index (χ2n) is 13.8. The molecule has 4 nitrogen and oxygen atoms in total. The highest BCUT2D eigenvalue weighted by molar-refractivity contribution is 6.23. The van der Waals surface area contributed by atoms with Gasteiger partial charge in [-0.25, -0.2) is 0 Å². The summed E-state index contributed by atoms with van der Waals surface area (Å²) in [5.74, 6) is 0. The van der Waals surface area contributed by atoms with Crippen molar-refractivity contribution in [2.75, 3.05) is 4.90 Å². The Bertz CT molecular complexity index is 3360. The Hall–Kier alpha value is -7.04. The number of rotatable bonds is 4. The number of nitrogens with zero attached hydrogens (tertiary/aromatic N) is 3. The van der Waals surface area contributed by atoms with Crippen molar-refractivity contribution < 1.29 is 4.42 Å². The average molecular weight is 664 g/mol. The second-order valence-corrected chi connectivity index (χ2v) is 13.8. The van der Waals surface area contributed by atoms with Crippen LogP contribution >= 0.6 is 0 Å². The lowest BCUT2D eigenvalue weighted by Gasteiger charge is -2.26. The quantitative estimate of drug-likeness (QED) is 0.187. The van der Waals surface area contributed by atoms with Gasteiger partial charge in [0.15, 0.2) is 0 Å². The highest BCUT2D eigenvalue weighted by Gasteiger charge is 2.22. The summed E-state index contributed by atoms with van der Waals surface area (Å²) in [6, 6.07) is 63.5. The van der Waals surface area contributed by atoms with Crippen LogP contribution in [0.2, 0.25) is 0 Å². The van der Waals surface area contributed by atoms with Crippen LogP contribution in [0.4, 0.5) is 17.1 Å². The van der Waals surface area contributed by atoms with Gasteiger partial charge in [0.25, 0.3) is 0 Å². The van der Waals surface area contributed by atoms with Crippen LogP contribution in [0.3, 0.4) is 0 Å². The van der Waals surface area contributed by atoms with Gasteiger partial charge in [-0.3, -0.25) is 0 Å². The zero-order chi connectivity index (χ0) is 33.9. The number of anilines is 3. The Morgan fingerprint density at radius 1 is 0.346 bits per heavy atom. The van der Waals surface area contributed by atoms with Gasteiger partial charge >= 0.3 is 0 Å². The first-order chi connectivity index (χ1) is 25.8. The summed E-state index contributed by atoms with van der Waals surface area (Å²) in [6.07, 6.45) is 0. The van der Waals surface area contributed by atoms with E-state index in [-0.39, 0.29) is 0 Å². The molecular weight excluding hydrogens is 635 g/mol. The maximum atomic E-state index is 6.45. The van der Waals surface area contributed by atoms with Crippen LogP contribution in [-0.4, -0.2) is 8.97 Å². The Kier molecular flexibility index (Phi) is 5.47.